The molecule has 0 saturated carbocycles. The number of nitrogens with zero attached hydrogens (tertiary/aromatic N) is 6. The van der Waals surface area contributed by atoms with E-state index >= 15 is 0 Å². The summed E-state index contributed by atoms with van der Waals surface area (Å²) in [7, 11) is 0. The largest absolute Gasteiger partial charge is 0.376 e. The molecule has 3 aromatic rings. The van der Waals surface area contributed by atoms with Crippen molar-refractivity contribution in [3.05, 3.63) is 58.6 Å². The molecule has 0 fully saturated rings. The van der Waals surface area contributed by atoms with E-state index in [-0.39, 0.29) is 37.0 Å². The van der Waals surface area contributed by atoms with Gasteiger partial charge in [0.05, 0.1) is 16.3 Å². The third-order valence-electron chi connectivity index (χ3n) is 3.57. The Balaban J connectivity index is 1.69. The van der Waals surface area contributed by atoms with Crippen molar-refractivity contribution >= 4 is 40.6 Å². The normalized spacial score (nSPS) is 10.7. The average molecular weight is 411 g/mol. The van der Waals surface area contributed by atoms with Crippen LogP contribution in [0.5, 0.6) is 0 Å². The Morgan fingerprint density at radius 1 is 0.800 bits per heavy atom. The molecule has 0 saturated heterocycles. The molecule has 0 amide bonds. The molecule has 0 spiro atoms. The number of nitro benzene ring substituents is 1. The fourth-order valence-corrected chi connectivity index (χ4v) is 2.23. The highest BCUT2D eigenvalue weighted by molar-refractivity contribution is 5.58. The fourth-order valence-electron chi connectivity index (χ4n) is 2.23. The first-order chi connectivity index (χ1) is 14.6. The molecule has 154 valence electrons. The highest BCUT2D eigenvalue weighted by Gasteiger charge is 2.07. The van der Waals surface area contributed by atoms with E-state index < -0.39 is 4.92 Å². The number of hydrogen-bond acceptors (Lipinski definition) is 12. The summed E-state index contributed by atoms with van der Waals surface area (Å²) in [6.07, 6.45) is 0. The highest BCUT2D eigenvalue weighted by Crippen LogP contribution is 2.23. The van der Waals surface area contributed by atoms with Crippen molar-refractivity contribution in [3.8, 4) is 0 Å². The quantitative estimate of drug-likeness (QED) is 0.152. The summed E-state index contributed by atoms with van der Waals surface area (Å²) in [5.74, 6) is 0.441. The molecule has 13 heteroatoms. The number of aliphatic hydroxyl groups excluding tert-OH is 2. The minimum atomic E-state index is -0.481. The van der Waals surface area contributed by atoms with E-state index in [1.165, 1.54) is 24.3 Å². The van der Waals surface area contributed by atoms with Crippen LogP contribution in [0.2, 0.25) is 0 Å². The smallest absolute Gasteiger partial charge is 0.269 e. The van der Waals surface area contributed by atoms with E-state index in [9.17, 15) is 10.1 Å². The Bertz CT molecular complexity index is 1000. The molecule has 1 heterocycles. The number of aromatic nitrogens is 3. The first kappa shape index (κ1) is 20.5. The van der Waals surface area contributed by atoms with Gasteiger partial charge in [-0.05, 0) is 36.4 Å². The third-order valence-corrected chi connectivity index (χ3v) is 3.57. The molecule has 5 N–H and O–H groups in total. The summed E-state index contributed by atoms with van der Waals surface area (Å²) in [5.41, 5.74) is 1.69. The Kier molecular flexibility index (Phi) is 6.70. The second kappa shape index (κ2) is 9.81. The zero-order valence-corrected chi connectivity index (χ0v) is 15.4. The molecule has 13 nitrogen and oxygen atoms in total. The van der Waals surface area contributed by atoms with Gasteiger partial charge in [-0.2, -0.15) is 25.2 Å². The number of rotatable bonds is 9. The van der Waals surface area contributed by atoms with Crippen LogP contribution in [0.3, 0.4) is 0 Å². The van der Waals surface area contributed by atoms with Crippen LogP contribution in [-0.2, 0) is 0 Å². The van der Waals surface area contributed by atoms with Crippen LogP contribution in [0.1, 0.15) is 0 Å². The lowest BCUT2D eigenvalue weighted by molar-refractivity contribution is -0.384. The lowest BCUT2D eigenvalue weighted by atomic mass is 10.3. The Hall–Kier alpha value is -4.23. The zero-order valence-electron chi connectivity index (χ0n) is 15.4. The molecule has 0 atom stereocenters. The molecule has 0 bridgehead atoms. The van der Waals surface area contributed by atoms with E-state index in [1.807, 2.05) is 0 Å². The monoisotopic (exact) mass is 411 g/mol. The number of nitrogens with one attached hydrogen (secondary N) is 3. The highest BCUT2D eigenvalue weighted by atomic mass is 16.6. The van der Waals surface area contributed by atoms with Gasteiger partial charge in [-0.1, -0.05) is 0 Å². The molecule has 0 radical (unpaired) electrons. The minimum absolute atomic E-state index is 0.0163. The van der Waals surface area contributed by atoms with Gasteiger partial charge in [0.2, 0.25) is 17.8 Å². The number of benzene rings is 2. The second-order valence-electron chi connectivity index (χ2n) is 5.62. The van der Waals surface area contributed by atoms with Gasteiger partial charge in [-0.15, -0.1) is 0 Å². The molecule has 2 aromatic carbocycles. The number of azo groups is 1. The molecule has 1 aromatic heterocycles. The molecule has 0 aliphatic heterocycles. The van der Waals surface area contributed by atoms with Crippen LogP contribution in [0.4, 0.5) is 40.6 Å². The van der Waals surface area contributed by atoms with Gasteiger partial charge in [0.25, 0.3) is 5.69 Å². The van der Waals surface area contributed by atoms with Crippen molar-refractivity contribution in [1.29, 1.82) is 0 Å². The number of nitro groups is 1. The minimum Gasteiger partial charge on any atom is -0.376 e. The zero-order chi connectivity index (χ0) is 21.3. The SMILES string of the molecule is O=[N+]([O-])c1ccc(N=Nc2ccc(Nc3nc(NCO)nc(NCO)n3)cc2)cc1. The predicted molar refractivity (Wildman–Crippen MR) is 108 cm³/mol. The Morgan fingerprint density at radius 3 is 1.73 bits per heavy atom. The van der Waals surface area contributed by atoms with Gasteiger partial charge in [0.15, 0.2) is 0 Å². The maximum absolute atomic E-state index is 10.7. The Labute approximate surface area is 169 Å². The number of aliphatic hydroxyl groups is 2. The summed E-state index contributed by atoms with van der Waals surface area (Å²) in [6.45, 7) is -0.729. The van der Waals surface area contributed by atoms with Crippen LogP contribution in [0.25, 0.3) is 0 Å². The summed E-state index contributed by atoms with van der Waals surface area (Å²) in [5, 5.41) is 44.8. The van der Waals surface area contributed by atoms with Crippen molar-refractivity contribution in [2.45, 2.75) is 0 Å². The van der Waals surface area contributed by atoms with Crippen LogP contribution < -0.4 is 16.0 Å². The van der Waals surface area contributed by atoms with Gasteiger partial charge in [-0.3, -0.25) is 10.1 Å². The third kappa shape index (κ3) is 5.63. The van der Waals surface area contributed by atoms with Gasteiger partial charge in [-0.25, -0.2) is 0 Å². The van der Waals surface area contributed by atoms with E-state index in [2.05, 4.69) is 41.1 Å². The molecule has 0 unspecified atom stereocenters. The Morgan fingerprint density at radius 2 is 1.27 bits per heavy atom. The standard InChI is InChI=1S/C17H17N9O4/c27-9-18-15-21-16(19-10-28)23-17(22-15)20-11-1-3-12(4-2-11)24-25-13-5-7-14(8-6-13)26(29)30/h1-8,27-28H,9-10H2,(H3,18,19,20,21,22,23). The van der Waals surface area contributed by atoms with Crippen LogP contribution in [0.15, 0.2) is 58.8 Å². The maximum atomic E-state index is 10.7. The van der Waals surface area contributed by atoms with E-state index in [4.69, 9.17) is 10.2 Å². The second-order valence-corrected chi connectivity index (χ2v) is 5.62. The van der Waals surface area contributed by atoms with Gasteiger partial charge < -0.3 is 26.2 Å². The summed E-state index contributed by atoms with van der Waals surface area (Å²) in [4.78, 5) is 22.4. The van der Waals surface area contributed by atoms with Crippen molar-refractivity contribution in [2.75, 3.05) is 29.4 Å². The number of hydrogen-bond donors (Lipinski definition) is 5. The van der Waals surface area contributed by atoms with Crippen LogP contribution in [-0.4, -0.2) is 43.5 Å². The van der Waals surface area contributed by atoms with Gasteiger partial charge in [0, 0.05) is 17.8 Å². The fraction of sp³-hybridized carbons (Fsp3) is 0.118. The first-order valence-corrected chi connectivity index (χ1v) is 8.56. The van der Waals surface area contributed by atoms with Crippen molar-refractivity contribution in [1.82, 2.24) is 15.0 Å². The van der Waals surface area contributed by atoms with Crippen LogP contribution in [0, 0.1) is 10.1 Å². The molecular formula is C17H17N9O4. The van der Waals surface area contributed by atoms with E-state index in [0.717, 1.165) is 0 Å². The average Bonchev–Trinajstić information content (AvgIpc) is 2.74. The molecule has 0 aliphatic rings. The summed E-state index contributed by atoms with van der Waals surface area (Å²) >= 11 is 0. The lowest BCUT2D eigenvalue weighted by Gasteiger charge is -2.09. The number of anilines is 4. The topological polar surface area (TPSA) is 183 Å². The van der Waals surface area contributed by atoms with Crippen molar-refractivity contribution < 1.29 is 15.1 Å². The van der Waals surface area contributed by atoms with E-state index in [0.29, 0.717) is 17.1 Å². The molecule has 0 aliphatic carbocycles. The summed E-state index contributed by atoms with van der Waals surface area (Å²) in [6, 6.07) is 12.6. The van der Waals surface area contributed by atoms with Gasteiger partial charge in [0.1, 0.15) is 13.5 Å². The summed E-state index contributed by atoms with van der Waals surface area (Å²) < 4.78 is 0. The number of non-ortho nitro benzene ring substituents is 1. The molecular weight excluding hydrogens is 394 g/mol. The molecule has 30 heavy (non-hydrogen) atoms. The predicted octanol–water partition coefficient (Wildman–Crippen LogP) is 2.66. The van der Waals surface area contributed by atoms with Crippen molar-refractivity contribution in [3.63, 3.8) is 0 Å². The molecule has 3 rings (SSSR count). The first-order valence-electron chi connectivity index (χ1n) is 8.56. The lowest BCUT2D eigenvalue weighted by Crippen LogP contribution is -2.12. The van der Waals surface area contributed by atoms with Crippen molar-refractivity contribution in [2.24, 2.45) is 10.2 Å². The van der Waals surface area contributed by atoms with Crippen LogP contribution >= 0.6 is 0 Å². The maximum Gasteiger partial charge on any atom is 0.269 e. The van der Waals surface area contributed by atoms with Gasteiger partial charge >= 0.3 is 0 Å². The van der Waals surface area contributed by atoms with E-state index in [1.54, 1.807) is 24.3 Å².